The van der Waals surface area contributed by atoms with Gasteiger partial charge in [0.15, 0.2) is 0 Å². The van der Waals surface area contributed by atoms with Gasteiger partial charge in [0.1, 0.15) is 5.75 Å². The first-order valence-corrected chi connectivity index (χ1v) is 6.86. The Kier molecular flexibility index (Phi) is 5.25. The highest BCUT2D eigenvalue weighted by Crippen LogP contribution is 2.18. The lowest BCUT2D eigenvalue weighted by Gasteiger charge is -2.16. The highest BCUT2D eigenvalue weighted by Gasteiger charge is 2.17. The van der Waals surface area contributed by atoms with Gasteiger partial charge >= 0.3 is 0 Å². The lowest BCUT2D eigenvalue weighted by Crippen LogP contribution is -2.31. The van der Waals surface area contributed by atoms with Crippen molar-refractivity contribution >= 4 is 5.91 Å². The third kappa shape index (κ3) is 3.89. The van der Waals surface area contributed by atoms with Crippen LogP contribution >= 0.6 is 0 Å². The minimum Gasteiger partial charge on any atom is -0.495 e. The molecule has 1 aromatic rings. The van der Waals surface area contributed by atoms with Gasteiger partial charge in [0.05, 0.1) is 19.2 Å². The largest absolute Gasteiger partial charge is 0.495 e. The quantitative estimate of drug-likeness (QED) is 0.676. The Bertz CT molecular complexity index is 552. The predicted octanol–water partition coefficient (Wildman–Crippen LogP) is 2.52. The van der Waals surface area contributed by atoms with Crippen LogP contribution in [0.2, 0.25) is 0 Å². The molecule has 1 aromatic carbocycles. The van der Waals surface area contributed by atoms with Crippen LogP contribution in [-0.4, -0.2) is 19.6 Å². The zero-order valence-electron chi connectivity index (χ0n) is 11.7. The summed E-state index contributed by atoms with van der Waals surface area (Å²) in [6, 6.07) is 7.60. The van der Waals surface area contributed by atoms with Crippen molar-refractivity contribution in [3.8, 4) is 17.6 Å². The van der Waals surface area contributed by atoms with E-state index in [4.69, 9.17) is 4.74 Å². The summed E-state index contributed by atoms with van der Waals surface area (Å²) in [5.74, 6) is 6.94. The average molecular weight is 269 g/mol. The first kappa shape index (κ1) is 14.2. The van der Waals surface area contributed by atoms with E-state index < -0.39 is 0 Å². The van der Waals surface area contributed by atoms with Gasteiger partial charge in [0, 0.05) is 5.92 Å². The van der Waals surface area contributed by atoms with E-state index in [-0.39, 0.29) is 11.8 Å². The predicted molar refractivity (Wildman–Crippen MR) is 79.4 cm³/mol. The smallest absolute Gasteiger partial charge is 0.224 e. The van der Waals surface area contributed by atoms with Crippen molar-refractivity contribution < 1.29 is 9.53 Å². The van der Waals surface area contributed by atoms with Crippen LogP contribution in [0.15, 0.2) is 36.4 Å². The Morgan fingerprint density at radius 3 is 3.00 bits per heavy atom. The Labute approximate surface area is 120 Å². The highest BCUT2D eigenvalue weighted by molar-refractivity contribution is 5.79. The van der Waals surface area contributed by atoms with E-state index in [0.29, 0.717) is 6.54 Å². The molecule has 0 spiro atoms. The SMILES string of the molecule is COc1ccccc1C#CCNC(=O)C1CC=CCC1. The molecular weight excluding hydrogens is 250 g/mol. The molecule has 0 aromatic heterocycles. The van der Waals surface area contributed by atoms with Gasteiger partial charge < -0.3 is 10.1 Å². The van der Waals surface area contributed by atoms with E-state index in [1.54, 1.807) is 7.11 Å². The summed E-state index contributed by atoms with van der Waals surface area (Å²) in [6.07, 6.45) is 6.97. The number of hydrogen-bond acceptors (Lipinski definition) is 2. The average Bonchev–Trinajstić information content (AvgIpc) is 2.52. The van der Waals surface area contributed by atoms with E-state index in [1.807, 2.05) is 24.3 Å². The first-order chi connectivity index (χ1) is 9.81. The van der Waals surface area contributed by atoms with Crippen LogP contribution in [0.25, 0.3) is 0 Å². The van der Waals surface area contributed by atoms with E-state index in [1.165, 1.54) is 0 Å². The fourth-order valence-corrected chi connectivity index (χ4v) is 2.19. The summed E-state index contributed by atoms with van der Waals surface area (Å²) >= 11 is 0. The van der Waals surface area contributed by atoms with Crippen molar-refractivity contribution in [2.75, 3.05) is 13.7 Å². The number of nitrogens with one attached hydrogen (secondary N) is 1. The van der Waals surface area contributed by atoms with Crippen molar-refractivity contribution in [1.82, 2.24) is 5.32 Å². The fourth-order valence-electron chi connectivity index (χ4n) is 2.19. The molecule has 1 unspecified atom stereocenters. The summed E-state index contributed by atoms with van der Waals surface area (Å²) in [4.78, 5) is 11.9. The van der Waals surface area contributed by atoms with Gasteiger partial charge in [-0.05, 0) is 31.4 Å². The van der Waals surface area contributed by atoms with Crippen LogP contribution < -0.4 is 10.1 Å². The second-order valence-electron chi connectivity index (χ2n) is 4.70. The standard InChI is InChI=1S/C17H19NO2/c1-20-16-12-6-5-8-14(16)11-7-13-18-17(19)15-9-3-2-4-10-15/h2-3,5-6,8,12,15H,4,9-10,13H2,1H3,(H,18,19). The molecule has 3 nitrogen and oxygen atoms in total. The highest BCUT2D eigenvalue weighted by atomic mass is 16.5. The number of carbonyl (C=O) groups is 1. The molecule has 1 N–H and O–H groups in total. The van der Waals surface area contributed by atoms with E-state index in [9.17, 15) is 4.79 Å². The Morgan fingerprint density at radius 2 is 2.25 bits per heavy atom. The van der Waals surface area contributed by atoms with Crippen LogP contribution in [0.5, 0.6) is 5.75 Å². The molecule has 1 atom stereocenters. The second-order valence-corrected chi connectivity index (χ2v) is 4.70. The summed E-state index contributed by atoms with van der Waals surface area (Å²) in [6.45, 7) is 0.372. The van der Waals surface area contributed by atoms with Crippen LogP contribution in [-0.2, 0) is 4.79 Å². The number of para-hydroxylation sites is 1. The molecule has 3 heteroatoms. The summed E-state index contributed by atoms with van der Waals surface area (Å²) in [5.41, 5.74) is 0.838. The lowest BCUT2D eigenvalue weighted by atomic mass is 9.94. The molecule has 0 heterocycles. The molecule has 0 bridgehead atoms. The molecule has 1 aliphatic carbocycles. The van der Waals surface area contributed by atoms with Crippen molar-refractivity contribution in [2.24, 2.45) is 5.92 Å². The third-order valence-electron chi connectivity index (χ3n) is 3.32. The van der Waals surface area contributed by atoms with Crippen molar-refractivity contribution in [1.29, 1.82) is 0 Å². The number of hydrogen-bond donors (Lipinski definition) is 1. The Hall–Kier alpha value is -2.21. The van der Waals surface area contributed by atoms with Gasteiger partial charge in [0.25, 0.3) is 0 Å². The molecule has 1 amide bonds. The maximum atomic E-state index is 11.9. The van der Waals surface area contributed by atoms with Crippen LogP contribution in [0.4, 0.5) is 0 Å². The molecule has 0 fully saturated rings. The van der Waals surface area contributed by atoms with Gasteiger partial charge in [-0.15, -0.1) is 0 Å². The van der Waals surface area contributed by atoms with Crippen LogP contribution in [0.3, 0.4) is 0 Å². The summed E-state index contributed by atoms with van der Waals surface area (Å²) in [5, 5.41) is 2.87. The number of amides is 1. The Balaban J connectivity index is 1.85. The van der Waals surface area contributed by atoms with Crippen molar-refractivity contribution in [3.05, 3.63) is 42.0 Å². The van der Waals surface area contributed by atoms with Gasteiger partial charge in [0.2, 0.25) is 5.91 Å². The lowest BCUT2D eigenvalue weighted by molar-refractivity contribution is -0.124. The van der Waals surface area contributed by atoms with Crippen LogP contribution in [0, 0.1) is 17.8 Å². The van der Waals surface area contributed by atoms with Crippen molar-refractivity contribution in [2.45, 2.75) is 19.3 Å². The first-order valence-electron chi connectivity index (χ1n) is 6.86. The minimum atomic E-state index is 0.101. The summed E-state index contributed by atoms with van der Waals surface area (Å²) < 4.78 is 5.22. The number of benzene rings is 1. The number of carbonyl (C=O) groups excluding carboxylic acids is 1. The monoisotopic (exact) mass is 269 g/mol. The molecule has 1 aliphatic rings. The number of allylic oxidation sites excluding steroid dienone is 2. The molecule has 2 rings (SSSR count). The number of methoxy groups -OCH3 is 1. The zero-order chi connectivity index (χ0) is 14.2. The maximum Gasteiger partial charge on any atom is 0.224 e. The third-order valence-corrected chi connectivity index (χ3v) is 3.32. The topological polar surface area (TPSA) is 38.3 Å². The second kappa shape index (κ2) is 7.40. The fraction of sp³-hybridized carbons (Fsp3) is 0.353. The van der Waals surface area contributed by atoms with Gasteiger partial charge in [-0.2, -0.15) is 0 Å². The van der Waals surface area contributed by atoms with E-state index in [0.717, 1.165) is 30.6 Å². The molecule has 0 saturated carbocycles. The Morgan fingerprint density at radius 1 is 1.40 bits per heavy atom. The molecule has 20 heavy (non-hydrogen) atoms. The summed E-state index contributed by atoms with van der Waals surface area (Å²) in [7, 11) is 1.62. The zero-order valence-corrected chi connectivity index (χ0v) is 11.7. The minimum absolute atomic E-state index is 0.101. The molecule has 0 radical (unpaired) electrons. The normalized spacial score (nSPS) is 16.9. The molecular formula is C17H19NO2. The maximum absolute atomic E-state index is 11.9. The van der Waals surface area contributed by atoms with E-state index in [2.05, 4.69) is 29.3 Å². The molecule has 0 saturated heterocycles. The number of ether oxygens (including phenoxy) is 1. The van der Waals surface area contributed by atoms with Gasteiger partial charge in [-0.3, -0.25) is 4.79 Å². The van der Waals surface area contributed by atoms with Gasteiger partial charge in [-0.1, -0.05) is 36.1 Å². The molecule has 104 valence electrons. The molecule has 0 aliphatic heterocycles. The van der Waals surface area contributed by atoms with Crippen LogP contribution in [0.1, 0.15) is 24.8 Å². The van der Waals surface area contributed by atoms with Crippen molar-refractivity contribution in [3.63, 3.8) is 0 Å². The van der Waals surface area contributed by atoms with Gasteiger partial charge in [-0.25, -0.2) is 0 Å². The van der Waals surface area contributed by atoms with E-state index >= 15 is 0 Å². The number of rotatable bonds is 3.